The van der Waals surface area contributed by atoms with Crippen molar-refractivity contribution in [1.29, 1.82) is 0 Å². The van der Waals surface area contributed by atoms with Crippen molar-refractivity contribution in [1.82, 2.24) is 29.3 Å². The van der Waals surface area contributed by atoms with Crippen LogP contribution in [0.2, 0.25) is 0 Å². The fourth-order valence-corrected chi connectivity index (χ4v) is 2.78. The monoisotopic (exact) mass is 377 g/mol. The van der Waals surface area contributed by atoms with Gasteiger partial charge in [-0.3, -0.25) is 14.2 Å². The molecule has 0 aliphatic carbocycles. The largest absolute Gasteiger partial charge is 0.497 e. The summed E-state index contributed by atoms with van der Waals surface area (Å²) in [6, 6.07) is 11.2. The minimum atomic E-state index is -0.176. The number of hydrogen-bond donors (Lipinski definition) is 1. The molecule has 1 N–H and O–H groups in total. The van der Waals surface area contributed by atoms with Crippen LogP contribution in [0.25, 0.3) is 16.9 Å². The SMILES string of the molecule is COc1cccc(-n2cc(-c3ccn(CC(=O)Nc4ccnn4C)n3)cn2)c1. The molecule has 0 aliphatic rings. The molecule has 1 aromatic carbocycles. The molecule has 3 aromatic heterocycles. The number of aromatic nitrogens is 6. The number of nitrogens with one attached hydrogen (secondary N) is 1. The quantitative estimate of drug-likeness (QED) is 0.556. The Morgan fingerprint density at radius 1 is 1.21 bits per heavy atom. The minimum Gasteiger partial charge on any atom is -0.497 e. The van der Waals surface area contributed by atoms with Gasteiger partial charge in [-0.25, -0.2) is 4.68 Å². The fraction of sp³-hybridized carbons (Fsp3) is 0.158. The lowest BCUT2D eigenvalue weighted by atomic mass is 10.2. The maximum Gasteiger partial charge on any atom is 0.247 e. The summed E-state index contributed by atoms with van der Waals surface area (Å²) in [4.78, 5) is 12.2. The first-order valence-electron chi connectivity index (χ1n) is 8.63. The number of amides is 1. The van der Waals surface area contributed by atoms with Gasteiger partial charge in [0.15, 0.2) is 0 Å². The second-order valence-corrected chi connectivity index (χ2v) is 6.16. The smallest absolute Gasteiger partial charge is 0.247 e. The first-order valence-corrected chi connectivity index (χ1v) is 8.63. The summed E-state index contributed by atoms with van der Waals surface area (Å²) in [7, 11) is 3.40. The summed E-state index contributed by atoms with van der Waals surface area (Å²) in [6.07, 6.45) is 7.02. The van der Waals surface area contributed by atoms with Gasteiger partial charge in [-0.2, -0.15) is 15.3 Å². The maximum atomic E-state index is 12.2. The van der Waals surface area contributed by atoms with E-state index in [4.69, 9.17) is 4.74 Å². The summed E-state index contributed by atoms with van der Waals surface area (Å²) < 4.78 is 10.2. The first-order chi connectivity index (χ1) is 13.6. The van der Waals surface area contributed by atoms with Crippen molar-refractivity contribution in [3.63, 3.8) is 0 Å². The van der Waals surface area contributed by atoms with Gasteiger partial charge < -0.3 is 10.1 Å². The fourth-order valence-electron chi connectivity index (χ4n) is 2.78. The molecule has 0 saturated carbocycles. The summed E-state index contributed by atoms with van der Waals surface area (Å²) in [5.41, 5.74) is 2.48. The lowest BCUT2D eigenvalue weighted by Gasteiger charge is -2.05. The Hall–Kier alpha value is -3.88. The van der Waals surface area contributed by atoms with Crippen LogP contribution in [0.3, 0.4) is 0 Å². The van der Waals surface area contributed by atoms with Crippen molar-refractivity contribution in [3.8, 4) is 22.7 Å². The number of carbonyl (C=O) groups is 1. The highest BCUT2D eigenvalue weighted by atomic mass is 16.5. The van der Waals surface area contributed by atoms with Crippen molar-refractivity contribution in [2.24, 2.45) is 7.05 Å². The van der Waals surface area contributed by atoms with Crippen LogP contribution < -0.4 is 10.1 Å². The molecule has 4 rings (SSSR count). The highest BCUT2D eigenvalue weighted by Gasteiger charge is 2.10. The lowest BCUT2D eigenvalue weighted by Crippen LogP contribution is -2.20. The van der Waals surface area contributed by atoms with Crippen LogP contribution in [0.5, 0.6) is 5.75 Å². The number of hydrogen-bond acceptors (Lipinski definition) is 5. The minimum absolute atomic E-state index is 0.106. The number of nitrogens with zero attached hydrogens (tertiary/aromatic N) is 6. The third-order valence-electron chi connectivity index (χ3n) is 4.23. The van der Waals surface area contributed by atoms with Gasteiger partial charge in [-0.05, 0) is 18.2 Å². The third-order valence-corrected chi connectivity index (χ3v) is 4.23. The summed E-state index contributed by atoms with van der Waals surface area (Å²) in [5.74, 6) is 1.22. The molecular weight excluding hydrogens is 358 g/mol. The molecule has 3 heterocycles. The van der Waals surface area contributed by atoms with Crippen LogP contribution >= 0.6 is 0 Å². The van der Waals surface area contributed by atoms with E-state index in [-0.39, 0.29) is 12.5 Å². The van der Waals surface area contributed by atoms with E-state index in [1.165, 1.54) is 0 Å². The van der Waals surface area contributed by atoms with Crippen LogP contribution in [0.4, 0.5) is 5.82 Å². The average Bonchev–Trinajstić information content (AvgIpc) is 3.44. The van der Waals surface area contributed by atoms with E-state index < -0.39 is 0 Å². The van der Waals surface area contributed by atoms with E-state index in [1.54, 1.807) is 52.9 Å². The van der Waals surface area contributed by atoms with Gasteiger partial charge in [0.25, 0.3) is 0 Å². The van der Waals surface area contributed by atoms with Crippen molar-refractivity contribution in [2.45, 2.75) is 6.54 Å². The zero-order valence-electron chi connectivity index (χ0n) is 15.5. The van der Waals surface area contributed by atoms with Crippen LogP contribution in [0.1, 0.15) is 0 Å². The summed E-state index contributed by atoms with van der Waals surface area (Å²) >= 11 is 0. The normalized spacial score (nSPS) is 10.8. The van der Waals surface area contributed by atoms with Crippen molar-refractivity contribution >= 4 is 11.7 Å². The molecule has 0 saturated heterocycles. The first kappa shape index (κ1) is 17.5. The van der Waals surface area contributed by atoms with Crippen LogP contribution in [0, 0.1) is 0 Å². The lowest BCUT2D eigenvalue weighted by molar-refractivity contribution is -0.116. The Labute approximate surface area is 161 Å². The van der Waals surface area contributed by atoms with E-state index in [0.29, 0.717) is 5.82 Å². The molecule has 0 bridgehead atoms. The molecule has 4 aromatic rings. The molecule has 0 spiro atoms. The summed E-state index contributed by atoms with van der Waals surface area (Å²) in [6.45, 7) is 0.106. The Balaban J connectivity index is 1.46. The zero-order valence-corrected chi connectivity index (χ0v) is 15.5. The van der Waals surface area contributed by atoms with Gasteiger partial charge in [0, 0.05) is 37.1 Å². The van der Waals surface area contributed by atoms with E-state index in [0.717, 1.165) is 22.7 Å². The predicted octanol–water partition coefficient (Wildman–Crippen LogP) is 2.12. The van der Waals surface area contributed by atoms with Crippen LogP contribution in [0.15, 0.2) is 61.2 Å². The van der Waals surface area contributed by atoms with Crippen molar-refractivity contribution in [2.75, 3.05) is 12.4 Å². The molecular formula is C19H19N7O2. The van der Waals surface area contributed by atoms with E-state index in [9.17, 15) is 4.79 Å². The van der Waals surface area contributed by atoms with Gasteiger partial charge in [-0.1, -0.05) is 6.07 Å². The molecule has 9 heteroatoms. The van der Waals surface area contributed by atoms with Gasteiger partial charge in [0.1, 0.15) is 18.1 Å². The topological polar surface area (TPSA) is 91.8 Å². The van der Waals surface area contributed by atoms with Crippen LogP contribution in [-0.4, -0.2) is 42.4 Å². The molecule has 0 unspecified atom stereocenters. The third kappa shape index (κ3) is 3.63. The summed E-state index contributed by atoms with van der Waals surface area (Å²) in [5, 5.41) is 15.7. The van der Waals surface area contributed by atoms with Gasteiger partial charge >= 0.3 is 0 Å². The highest BCUT2D eigenvalue weighted by Crippen LogP contribution is 2.20. The highest BCUT2D eigenvalue weighted by molar-refractivity contribution is 5.89. The molecule has 0 atom stereocenters. The molecule has 1 amide bonds. The number of anilines is 1. The maximum absolute atomic E-state index is 12.2. The number of benzene rings is 1. The van der Waals surface area contributed by atoms with E-state index in [1.807, 2.05) is 36.5 Å². The number of ether oxygens (including phenoxy) is 1. The number of carbonyl (C=O) groups excluding carboxylic acids is 1. The predicted molar refractivity (Wildman–Crippen MR) is 103 cm³/mol. The van der Waals surface area contributed by atoms with Gasteiger partial charge in [-0.15, -0.1) is 0 Å². The number of aryl methyl sites for hydroxylation is 1. The zero-order chi connectivity index (χ0) is 19.5. The molecule has 0 fully saturated rings. The number of methoxy groups -OCH3 is 1. The van der Waals surface area contributed by atoms with Gasteiger partial charge in [0.2, 0.25) is 5.91 Å². The van der Waals surface area contributed by atoms with E-state index in [2.05, 4.69) is 20.6 Å². The Bertz CT molecular complexity index is 1110. The van der Waals surface area contributed by atoms with Crippen molar-refractivity contribution in [3.05, 3.63) is 61.2 Å². The molecule has 28 heavy (non-hydrogen) atoms. The van der Waals surface area contributed by atoms with Crippen LogP contribution in [-0.2, 0) is 18.4 Å². The Kier molecular flexibility index (Phi) is 4.63. The molecule has 142 valence electrons. The van der Waals surface area contributed by atoms with Crippen molar-refractivity contribution < 1.29 is 9.53 Å². The Morgan fingerprint density at radius 2 is 2.11 bits per heavy atom. The number of rotatable bonds is 6. The molecule has 0 aliphatic heterocycles. The second-order valence-electron chi connectivity index (χ2n) is 6.16. The Morgan fingerprint density at radius 3 is 2.89 bits per heavy atom. The average molecular weight is 377 g/mol. The standard InChI is InChI=1S/C19H19N7O2/c1-24-18(6-8-20-24)22-19(27)13-25-9-7-17(23-25)14-11-21-26(12-14)15-4-3-5-16(10-15)28-2/h3-12H,13H2,1-2H3,(H,22,27). The second kappa shape index (κ2) is 7.39. The van der Waals surface area contributed by atoms with Gasteiger partial charge in [0.05, 0.1) is 30.9 Å². The molecule has 9 nitrogen and oxygen atoms in total. The van der Waals surface area contributed by atoms with E-state index >= 15 is 0 Å². The molecule has 0 radical (unpaired) electrons.